The molecule has 0 amide bonds. The van der Waals surface area contributed by atoms with E-state index in [2.05, 4.69) is 50.3 Å². The highest BCUT2D eigenvalue weighted by Crippen LogP contribution is 2.22. The normalized spacial score (nSPS) is 10.8. The molecule has 19 heavy (non-hydrogen) atoms. The summed E-state index contributed by atoms with van der Waals surface area (Å²) in [6.45, 7) is 2.76. The van der Waals surface area contributed by atoms with E-state index < -0.39 is 0 Å². The third-order valence-electron chi connectivity index (χ3n) is 3.02. The number of halogens is 1. The van der Waals surface area contributed by atoms with Crippen molar-refractivity contribution >= 4 is 32.7 Å². The lowest BCUT2D eigenvalue weighted by atomic mass is 10.2. The van der Waals surface area contributed by atoms with Gasteiger partial charge in [0.05, 0.1) is 17.6 Å². The molecule has 2 aromatic carbocycles. The van der Waals surface area contributed by atoms with Gasteiger partial charge in [0.25, 0.3) is 0 Å². The van der Waals surface area contributed by atoms with Crippen molar-refractivity contribution in [2.45, 2.75) is 13.5 Å². The molecule has 2 N–H and O–H groups in total. The minimum Gasteiger partial charge on any atom is -0.378 e. The van der Waals surface area contributed by atoms with E-state index in [-0.39, 0.29) is 0 Å². The standard InChI is InChI=1S/C15H14BrN3/c1-10-7-11(16)8-13-15(10)19-14(18-13)9-17-12-5-3-2-4-6-12/h2-8,17H,9H2,1H3,(H,18,19). The van der Waals surface area contributed by atoms with Crippen molar-refractivity contribution in [1.29, 1.82) is 0 Å². The van der Waals surface area contributed by atoms with Crippen molar-refractivity contribution in [3.05, 3.63) is 58.3 Å². The molecule has 3 nitrogen and oxygen atoms in total. The Balaban J connectivity index is 1.84. The maximum Gasteiger partial charge on any atom is 0.126 e. The van der Waals surface area contributed by atoms with Crippen molar-refractivity contribution < 1.29 is 0 Å². The van der Waals surface area contributed by atoms with Gasteiger partial charge in [-0.25, -0.2) is 4.98 Å². The third kappa shape index (κ3) is 2.63. The van der Waals surface area contributed by atoms with Crippen LogP contribution < -0.4 is 5.32 Å². The van der Waals surface area contributed by atoms with Crippen molar-refractivity contribution in [3.8, 4) is 0 Å². The molecule has 0 spiro atoms. The molecule has 0 unspecified atom stereocenters. The van der Waals surface area contributed by atoms with Gasteiger partial charge < -0.3 is 10.3 Å². The molecule has 0 fully saturated rings. The van der Waals surface area contributed by atoms with Crippen molar-refractivity contribution in [2.24, 2.45) is 0 Å². The van der Waals surface area contributed by atoms with E-state index in [1.165, 1.54) is 5.56 Å². The fourth-order valence-electron chi connectivity index (χ4n) is 2.12. The van der Waals surface area contributed by atoms with Gasteiger partial charge in [-0.05, 0) is 36.8 Å². The number of aromatic nitrogens is 2. The first-order chi connectivity index (χ1) is 9.22. The molecule has 0 saturated heterocycles. The van der Waals surface area contributed by atoms with Gasteiger partial charge in [0, 0.05) is 10.2 Å². The van der Waals surface area contributed by atoms with E-state index in [1.54, 1.807) is 0 Å². The number of H-pyrrole nitrogens is 1. The Morgan fingerprint density at radius 1 is 1.21 bits per heavy atom. The molecule has 3 rings (SSSR count). The first kappa shape index (κ1) is 12.2. The number of anilines is 1. The average molecular weight is 316 g/mol. The average Bonchev–Trinajstić information content (AvgIpc) is 2.81. The summed E-state index contributed by atoms with van der Waals surface area (Å²) in [5, 5.41) is 3.35. The molecule has 0 aliphatic heterocycles. The summed E-state index contributed by atoms with van der Waals surface area (Å²) in [4.78, 5) is 7.97. The van der Waals surface area contributed by atoms with Gasteiger partial charge in [-0.1, -0.05) is 34.1 Å². The minimum absolute atomic E-state index is 0.690. The third-order valence-corrected chi connectivity index (χ3v) is 3.48. The van der Waals surface area contributed by atoms with Crippen LogP contribution in [0.15, 0.2) is 46.9 Å². The Bertz CT molecular complexity index is 704. The fourth-order valence-corrected chi connectivity index (χ4v) is 2.70. The molecule has 0 saturated carbocycles. The van der Waals surface area contributed by atoms with Crippen LogP contribution in [0.4, 0.5) is 5.69 Å². The lowest BCUT2D eigenvalue weighted by molar-refractivity contribution is 1.01. The van der Waals surface area contributed by atoms with Crippen molar-refractivity contribution in [3.63, 3.8) is 0 Å². The quantitative estimate of drug-likeness (QED) is 0.758. The summed E-state index contributed by atoms with van der Waals surface area (Å²) >= 11 is 3.50. The van der Waals surface area contributed by atoms with Crippen LogP contribution in [0.5, 0.6) is 0 Å². The summed E-state index contributed by atoms with van der Waals surface area (Å²) in [6, 6.07) is 14.3. The summed E-state index contributed by atoms with van der Waals surface area (Å²) in [7, 11) is 0. The van der Waals surface area contributed by atoms with E-state index in [0.29, 0.717) is 6.54 Å². The number of nitrogens with one attached hydrogen (secondary N) is 2. The van der Waals surface area contributed by atoms with E-state index >= 15 is 0 Å². The molecule has 1 heterocycles. The number of fused-ring (bicyclic) bond motifs is 1. The summed E-state index contributed by atoms with van der Waals surface area (Å²) in [6.07, 6.45) is 0. The summed E-state index contributed by atoms with van der Waals surface area (Å²) in [5.41, 5.74) is 4.37. The highest BCUT2D eigenvalue weighted by Gasteiger charge is 2.06. The Hall–Kier alpha value is -1.81. The first-order valence-electron chi connectivity index (χ1n) is 6.16. The van der Waals surface area contributed by atoms with Crippen molar-refractivity contribution in [1.82, 2.24) is 9.97 Å². The molecule has 96 valence electrons. The number of para-hydroxylation sites is 1. The Kier molecular flexibility index (Phi) is 3.25. The maximum atomic E-state index is 4.63. The number of aryl methyl sites for hydroxylation is 1. The highest BCUT2D eigenvalue weighted by atomic mass is 79.9. The number of benzene rings is 2. The van der Waals surface area contributed by atoms with E-state index in [4.69, 9.17) is 0 Å². The van der Waals surface area contributed by atoms with E-state index in [0.717, 1.165) is 27.0 Å². The monoisotopic (exact) mass is 315 g/mol. The molecule has 0 aliphatic rings. The van der Waals surface area contributed by atoms with Crippen LogP contribution in [0.1, 0.15) is 11.4 Å². The van der Waals surface area contributed by atoms with Crippen LogP contribution in [0.25, 0.3) is 11.0 Å². The molecular weight excluding hydrogens is 302 g/mol. The zero-order valence-corrected chi connectivity index (χ0v) is 12.2. The van der Waals surface area contributed by atoms with Gasteiger partial charge in [0.15, 0.2) is 0 Å². The molecule has 3 aromatic rings. The summed E-state index contributed by atoms with van der Waals surface area (Å²) in [5.74, 6) is 0.944. The largest absolute Gasteiger partial charge is 0.378 e. The van der Waals surface area contributed by atoms with Crippen LogP contribution in [-0.2, 0) is 6.54 Å². The van der Waals surface area contributed by atoms with E-state index in [9.17, 15) is 0 Å². The Morgan fingerprint density at radius 2 is 2.00 bits per heavy atom. The van der Waals surface area contributed by atoms with Gasteiger partial charge in [0.1, 0.15) is 5.82 Å². The van der Waals surface area contributed by atoms with Gasteiger partial charge >= 0.3 is 0 Å². The number of hydrogen-bond donors (Lipinski definition) is 2. The van der Waals surface area contributed by atoms with Gasteiger partial charge in [-0.15, -0.1) is 0 Å². The van der Waals surface area contributed by atoms with Crippen molar-refractivity contribution in [2.75, 3.05) is 5.32 Å². The number of hydrogen-bond acceptors (Lipinski definition) is 2. The SMILES string of the molecule is Cc1cc(Br)cc2[nH]c(CNc3ccccc3)nc12. The zero-order chi connectivity index (χ0) is 13.2. The molecule has 1 aromatic heterocycles. The second kappa shape index (κ2) is 5.05. The van der Waals surface area contributed by atoms with Crippen LogP contribution >= 0.6 is 15.9 Å². The maximum absolute atomic E-state index is 4.63. The van der Waals surface area contributed by atoms with Crippen LogP contribution in [0.3, 0.4) is 0 Å². The molecule has 4 heteroatoms. The van der Waals surface area contributed by atoms with Crippen LogP contribution in [-0.4, -0.2) is 9.97 Å². The predicted molar refractivity (Wildman–Crippen MR) is 82.3 cm³/mol. The lowest BCUT2D eigenvalue weighted by Gasteiger charge is -2.02. The minimum atomic E-state index is 0.690. The second-order valence-electron chi connectivity index (χ2n) is 4.52. The predicted octanol–water partition coefficient (Wildman–Crippen LogP) is 4.25. The van der Waals surface area contributed by atoms with E-state index in [1.807, 2.05) is 30.3 Å². The second-order valence-corrected chi connectivity index (χ2v) is 5.44. The molecule has 0 atom stereocenters. The number of imidazole rings is 1. The smallest absolute Gasteiger partial charge is 0.126 e. The number of rotatable bonds is 3. The lowest BCUT2D eigenvalue weighted by Crippen LogP contribution is -2.00. The molecule has 0 radical (unpaired) electrons. The topological polar surface area (TPSA) is 40.7 Å². The summed E-state index contributed by atoms with van der Waals surface area (Å²) < 4.78 is 1.07. The van der Waals surface area contributed by atoms with Crippen LogP contribution in [0, 0.1) is 6.92 Å². The number of aromatic amines is 1. The zero-order valence-electron chi connectivity index (χ0n) is 10.6. The van der Waals surface area contributed by atoms with Crippen LogP contribution in [0.2, 0.25) is 0 Å². The molecule has 0 bridgehead atoms. The molecular formula is C15H14BrN3. The Labute approximate surface area is 120 Å². The fraction of sp³-hybridized carbons (Fsp3) is 0.133. The highest BCUT2D eigenvalue weighted by molar-refractivity contribution is 9.10. The number of nitrogens with zero attached hydrogens (tertiary/aromatic N) is 1. The molecule has 0 aliphatic carbocycles. The van der Waals surface area contributed by atoms with Gasteiger partial charge in [-0.3, -0.25) is 0 Å². The van der Waals surface area contributed by atoms with Gasteiger partial charge in [0.2, 0.25) is 0 Å². The first-order valence-corrected chi connectivity index (χ1v) is 6.95. The van der Waals surface area contributed by atoms with Gasteiger partial charge in [-0.2, -0.15) is 0 Å². The Morgan fingerprint density at radius 3 is 2.79 bits per heavy atom.